The van der Waals surface area contributed by atoms with Crippen molar-refractivity contribution in [1.29, 1.82) is 0 Å². The molecule has 3 heterocycles. The van der Waals surface area contributed by atoms with Gasteiger partial charge in [-0.15, -0.1) is 0 Å². The zero-order valence-corrected chi connectivity index (χ0v) is 22.8. The van der Waals surface area contributed by atoms with Gasteiger partial charge in [0.15, 0.2) is 16.3 Å². The maximum atomic E-state index is 14.0. The molecule has 0 fully saturated rings. The summed E-state index contributed by atoms with van der Waals surface area (Å²) >= 11 is 1.27. The standard InChI is InChI=1S/C31H26N2O6S/c1-3-36-30(35)27-19(2)32-31-33(28(27)22-13-14-24-25(15-22)39-18-38-24)29(34)26(40-31)16-21-11-7-8-12-23(21)37-17-20-9-5-4-6-10-20/h4-16,28H,3,17-18H2,1-2H3/b26-16-/t28-/m1/s1. The Hall–Kier alpha value is -4.63. The van der Waals surface area contributed by atoms with Gasteiger partial charge in [-0.1, -0.05) is 65.9 Å². The van der Waals surface area contributed by atoms with Crippen LogP contribution in [0.3, 0.4) is 0 Å². The molecule has 0 saturated heterocycles. The van der Waals surface area contributed by atoms with E-state index < -0.39 is 12.0 Å². The molecular formula is C31H26N2O6S. The van der Waals surface area contributed by atoms with E-state index in [0.29, 0.717) is 50.0 Å². The molecule has 0 N–H and O–H groups in total. The fourth-order valence-corrected chi connectivity index (χ4v) is 5.84. The van der Waals surface area contributed by atoms with Gasteiger partial charge in [-0.05, 0) is 49.2 Å². The molecule has 2 aliphatic heterocycles. The van der Waals surface area contributed by atoms with Gasteiger partial charge in [0.2, 0.25) is 6.79 Å². The van der Waals surface area contributed by atoms with Crippen molar-refractivity contribution in [2.75, 3.05) is 13.4 Å². The molecule has 4 aromatic rings. The van der Waals surface area contributed by atoms with E-state index in [0.717, 1.165) is 11.1 Å². The van der Waals surface area contributed by atoms with Crippen molar-refractivity contribution in [2.24, 2.45) is 4.99 Å². The monoisotopic (exact) mass is 554 g/mol. The number of rotatable bonds is 7. The highest BCUT2D eigenvalue weighted by atomic mass is 32.1. The minimum Gasteiger partial charge on any atom is -0.488 e. The lowest BCUT2D eigenvalue weighted by Gasteiger charge is -2.24. The van der Waals surface area contributed by atoms with E-state index >= 15 is 0 Å². The topological polar surface area (TPSA) is 88.4 Å². The number of fused-ring (bicyclic) bond motifs is 2. The SMILES string of the molecule is CCOC(=O)C1=C(C)N=c2s/c(=C\c3ccccc3OCc3ccccc3)c(=O)n2[C@@H]1c1ccc2c(c1)OCO2. The van der Waals surface area contributed by atoms with Crippen molar-refractivity contribution in [2.45, 2.75) is 26.5 Å². The van der Waals surface area contributed by atoms with Gasteiger partial charge in [0.25, 0.3) is 5.56 Å². The summed E-state index contributed by atoms with van der Waals surface area (Å²) in [6, 6.07) is 22.2. The number of benzene rings is 3. The molecule has 0 spiro atoms. The molecule has 0 unspecified atom stereocenters. The van der Waals surface area contributed by atoms with Gasteiger partial charge in [-0.25, -0.2) is 9.79 Å². The third-order valence-electron chi connectivity index (χ3n) is 6.67. The van der Waals surface area contributed by atoms with Crippen molar-refractivity contribution >= 4 is 23.4 Å². The summed E-state index contributed by atoms with van der Waals surface area (Å²) in [7, 11) is 0. The Morgan fingerprint density at radius 3 is 2.67 bits per heavy atom. The van der Waals surface area contributed by atoms with E-state index in [-0.39, 0.29) is 19.0 Å². The largest absolute Gasteiger partial charge is 0.488 e. The number of carbonyl (C=O) groups excluding carboxylic acids is 1. The first-order valence-electron chi connectivity index (χ1n) is 12.9. The first kappa shape index (κ1) is 25.6. The summed E-state index contributed by atoms with van der Waals surface area (Å²) in [5.74, 6) is 1.32. The smallest absolute Gasteiger partial charge is 0.338 e. The molecule has 40 heavy (non-hydrogen) atoms. The summed E-state index contributed by atoms with van der Waals surface area (Å²) in [5.41, 5.74) is 3.05. The van der Waals surface area contributed by atoms with E-state index in [1.807, 2.05) is 66.7 Å². The maximum Gasteiger partial charge on any atom is 0.338 e. The fraction of sp³-hybridized carbons (Fsp3) is 0.194. The van der Waals surface area contributed by atoms with E-state index in [9.17, 15) is 9.59 Å². The fourth-order valence-electron chi connectivity index (χ4n) is 4.80. The molecule has 0 bridgehead atoms. The third kappa shape index (κ3) is 4.80. The Bertz CT molecular complexity index is 1810. The number of thiazole rings is 1. The van der Waals surface area contributed by atoms with Crippen LogP contribution < -0.4 is 29.1 Å². The molecular weight excluding hydrogens is 528 g/mol. The number of hydrogen-bond acceptors (Lipinski definition) is 8. The predicted molar refractivity (Wildman–Crippen MR) is 150 cm³/mol. The number of carbonyl (C=O) groups is 1. The van der Waals surface area contributed by atoms with Gasteiger partial charge in [0, 0.05) is 5.56 Å². The van der Waals surface area contributed by atoms with Crippen LogP contribution in [0.5, 0.6) is 17.2 Å². The van der Waals surface area contributed by atoms with E-state index in [1.165, 1.54) is 11.3 Å². The molecule has 0 saturated carbocycles. The van der Waals surface area contributed by atoms with Gasteiger partial charge in [0.05, 0.1) is 28.5 Å². The number of allylic oxidation sites excluding steroid dienone is 1. The van der Waals surface area contributed by atoms with Crippen LogP contribution in [0.2, 0.25) is 0 Å². The molecule has 2 aliphatic rings. The van der Waals surface area contributed by atoms with E-state index in [2.05, 4.69) is 4.99 Å². The highest BCUT2D eigenvalue weighted by molar-refractivity contribution is 7.07. The minimum absolute atomic E-state index is 0.118. The van der Waals surface area contributed by atoms with Crippen LogP contribution in [-0.4, -0.2) is 23.9 Å². The van der Waals surface area contributed by atoms with Crippen molar-refractivity contribution in [1.82, 2.24) is 4.57 Å². The summed E-state index contributed by atoms with van der Waals surface area (Å²) in [4.78, 5) is 32.3. The Morgan fingerprint density at radius 1 is 1.07 bits per heavy atom. The summed E-state index contributed by atoms with van der Waals surface area (Å²) in [6.45, 7) is 4.23. The van der Waals surface area contributed by atoms with Crippen LogP contribution in [0.1, 0.15) is 36.6 Å². The van der Waals surface area contributed by atoms with Crippen molar-refractivity contribution in [3.8, 4) is 17.2 Å². The van der Waals surface area contributed by atoms with Crippen LogP contribution >= 0.6 is 11.3 Å². The third-order valence-corrected chi connectivity index (χ3v) is 7.66. The molecule has 6 rings (SSSR count). The van der Waals surface area contributed by atoms with E-state index in [4.69, 9.17) is 18.9 Å². The Kier molecular flexibility index (Phi) is 6.96. The lowest BCUT2D eigenvalue weighted by molar-refractivity contribution is -0.139. The molecule has 1 atom stereocenters. The number of para-hydroxylation sites is 1. The first-order chi connectivity index (χ1) is 19.5. The summed E-state index contributed by atoms with van der Waals surface area (Å²) in [6.07, 6.45) is 1.81. The highest BCUT2D eigenvalue weighted by Gasteiger charge is 2.34. The molecule has 0 radical (unpaired) electrons. The van der Waals surface area contributed by atoms with Crippen molar-refractivity contribution in [3.05, 3.63) is 120 Å². The van der Waals surface area contributed by atoms with Crippen molar-refractivity contribution in [3.63, 3.8) is 0 Å². The van der Waals surface area contributed by atoms with Gasteiger partial charge >= 0.3 is 5.97 Å². The Labute approximate surface area is 234 Å². The summed E-state index contributed by atoms with van der Waals surface area (Å²) < 4.78 is 24.6. The van der Waals surface area contributed by atoms with Crippen LogP contribution in [0.15, 0.2) is 93.9 Å². The average molecular weight is 555 g/mol. The van der Waals surface area contributed by atoms with Crippen LogP contribution in [-0.2, 0) is 16.1 Å². The van der Waals surface area contributed by atoms with Gasteiger partial charge < -0.3 is 18.9 Å². The normalized spacial score (nSPS) is 15.9. The van der Waals surface area contributed by atoms with Gasteiger partial charge in [-0.2, -0.15) is 0 Å². The molecule has 0 amide bonds. The van der Waals surface area contributed by atoms with Gasteiger partial charge in [0.1, 0.15) is 12.4 Å². The number of hydrogen-bond donors (Lipinski definition) is 0. The molecule has 8 nitrogen and oxygen atoms in total. The zero-order valence-electron chi connectivity index (χ0n) is 22.0. The second kappa shape index (κ2) is 10.9. The maximum absolute atomic E-state index is 14.0. The lowest BCUT2D eigenvalue weighted by Crippen LogP contribution is -2.39. The molecule has 1 aromatic heterocycles. The zero-order chi connectivity index (χ0) is 27.6. The number of ether oxygens (including phenoxy) is 4. The van der Waals surface area contributed by atoms with Crippen molar-refractivity contribution < 1.29 is 23.7 Å². The first-order valence-corrected chi connectivity index (χ1v) is 13.7. The lowest BCUT2D eigenvalue weighted by atomic mass is 9.95. The quantitative estimate of drug-likeness (QED) is 0.320. The molecule has 9 heteroatoms. The number of esters is 1. The van der Waals surface area contributed by atoms with Crippen LogP contribution in [0.25, 0.3) is 6.08 Å². The van der Waals surface area contributed by atoms with E-state index in [1.54, 1.807) is 30.5 Å². The predicted octanol–water partition coefficient (Wildman–Crippen LogP) is 4.11. The Morgan fingerprint density at radius 2 is 1.85 bits per heavy atom. The Balaban J connectivity index is 1.45. The molecule has 0 aliphatic carbocycles. The van der Waals surface area contributed by atoms with Crippen LogP contribution in [0.4, 0.5) is 0 Å². The van der Waals surface area contributed by atoms with Gasteiger partial charge in [-0.3, -0.25) is 9.36 Å². The summed E-state index contributed by atoms with van der Waals surface area (Å²) in [5, 5.41) is 0. The molecule has 3 aromatic carbocycles. The van der Waals surface area contributed by atoms with Crippen LogP contribution in [0, 0.1) is 0 Å². The second-order valence-electron chi connectivity index (χ2n) is 9.23. The number of nitrogens with zero attached hydrogens (tertiary/aromatic N) is 2. The molecule has 202 valence electrons. The second-order valence-corrected chi connectivity index (χ2v) is 10.2. The minimum atomic E-state index is -0.739. The highest BCUT2D eigenvalue weighted by Crippen LogP contribution is 2.38. The average Bonchev–Trinajstić information content (AvgIpc) is 3.56. The number of aromatic nitrogens is 1.